The third-order valence-electron chi connectivity index (χ3n) is 2.89. The zero-order valence-corrected chi connectivity index (χ0v) is 9.08. The number of hydrogen-bond donors (Lipinski definition) is 2. The predicted molar refractivity (Wildman–Crippen MR) is 61.3 cm³/mol. The van der Waals surface area contributed by atoms with Crippen LogP contribution in [0.15, 0.2) is 18.5 Å². The first kappa shape index (κ1) is 9.39. The van der Waals surface area contributed by atoms with Gasteiger partial charge in [0.15, 0.2) is 0 Å². The molecular weight excluding hydrogens is 202 g/mol. The van der Waals surface area contributed by atoms with Crippen LogP contribution in [-0.2, 0) is 0 Å². The summed E-state index contributed by atoms with van der Waals surface area (Å²) in [6.07, 6.45) is 3.87. The van der Waals surface area contributed by atoms with Gasteiger partial charge in [0.25, 0.3) is 5.91 Å². The number of H-pyrrole nitrogens is 1. The van der Waals surface area contributed by atoms with E-state index >= 15 is 0 Å². The quantitative estimate of drug-likeness (QED) is 0.802. The lowest BCUT2D eigenvalue weighted by atomic mass is 10.1. The lowest BCUT2D eigenvalue weighted by Crippen LogP contribution is -2.25. The lowest BCUT2D eigenvalue weighted by Gasteiger charge is -2.04. The number of nitrogens with one attached hydrogen (secondary N) is 2. The number of aromatic amines is 1. The van der Waals surface area contributed by atoms with E-state index in [2.05, 4.69) is 15.3 Å². The number of aryl methyl sites for hydroxylation is 1. The van der Waals surface area contributed by atoms with Crippen LogP contribution in [0.2, 0.25) is 0 Å². The smallest absolute Gasteiger partial charge is 0.251 e. The van der Waals surface area contributed by atoms with Crippen LogP contribution >= 0.6 is 0 Å². The zero-order valence-electron chi connectivity index (χ0n) is 9.08. The van der Waals surface area contributed by atoms with Crippen molar-refractivity contribution in [2.75, 3.05) is 0 Å². The first-order valence-corrected chi connectivity index (χ1v) is 5.48. The topological polar surface area (TPSA) is 57.8 Å². The minimum Gasteiger partial charge on any atom is -0.349 e. The number of nitrogens with zero attached hydrogens (tertiary/aromatic N) is 1. The van der Waals surface area contributed by atoms with Gasteiger partial charge in [-0.25, -0.2) is 4.98 Å². The summed E-state index contributed by atoms with van der Waals surface area (Å²) in [7, 11) is 0. The summed E-state index contributed by atoms with van der Waals surface area (Å²) in [6, 6.07) is 4.14. The van der Waals surface area contributed by atoms with Gasteiger partial charge >= 0.3 is 0 Å². The van der Waals surface area contributed by atoms with E-state index in [1.165, 1.54) is 0 Å². The van der Waals surface area contributed by atoms with E-state index in [1.54, 1.807) is 6.33 Å². The van der Waals surface area contributed by atoms with Gasteiger partial charge in [0.05, 0.1) is 17.4 Å². The van der Waals surface area contributed by atoms with Gasteiger partial charge in [-0.2, -0.15) is 0 Å². The second-order valence-electron chi connectivity index (χ2n) is 4.34. The molecule has 0 radical (unpaired) electrons. The molecule has 1 amide bonds. The summed E-state index contributed by atoms with van der Waals surface area (Å²) < 4.78 is 0. The molecule has 3 rings (SSSR count). The zero-order chi connectivity index (χ0) is 11.1. The van der Waals surface area contributed by atoms with E-state index in [0.29, 0.717) is 11.6 Å². The highest BCUT2D eigenvalue weighted by Gasteiger charge is 2.24. The Hall–Kier alpha value is -1.84. The molecule has 0 atom stereocenters. The van der Waals surface area contributed by atoms with Crippen molar-refractivity contribution in [3.63, 3.8) is 0 Å². The van der Waals surface area contributed by atoms with Gasteiger partial charge in [-0.05, 0) is 37.5 Å². The number of imidazole rings is 1. The molecule has 16 heavy (non-hydrogen) atoms. The molecule has 1 aliphatic carbocycles. The highest BCUT2D eigenvalue weighted by atomic mass is 16.1. The van der Waals surface area contributed by atoms with E-state index in [9.17, 15) is 4.79 Å². The molecule has 82 valence electrons. The minimum absolute atomic E-state index is 0.0158. The summed E-state index contributed by atoms with van der Waals surface area (Å²) in [5, 5.41) is 2.98. The van der Waals surface area contributed by atoms with Gasteiger partial charge < -0.3 is 10.3 Å². The van der Waals surface area contributed by atoms with Gasteiger partial charge in [0.1, 0.15) is 0 Å². The SMILES string of the molecule is Cc1cc(C(=O)NC2CC2)cc2[nH]cnc12. The van der Waals surface area contributed by atoms with Crippen LogP contribution in [0, 0.1) is 6.92 Å². The number of benzene rings is 1. The van der Waals surface area contributed by atoms with Crippen LogP contribution in [0.1, 0.15) is 28.8 Å². The predicted octanol–water partition coefficient (Wildman–Crippen LogP) is 1.76. The summed E-state index contributed by atoms with van der Waals surface area (Å²) >= 11 is 0. The van der Waals surface area contributed by atoms with Crippen LogP contribution in [0.25, 0.3) is 11.0 Å². The van der Waals surface area contributed by atoms with Crippen molar-refractivity contribution in [1.29, 1.82) is 0 Å². The fourth-order valence-electron chi connectivity index (χ4n) is 1.85. The molecule has 1 aromatic carbocycles. The first-order chi connectivity index (χ1) is 7.74. The molecule has 1 fully saturated rings. The van der Waals surface area contributed by atoms with Gasteiger partial charge in [-0.1, -0.05) is 0 Å². The summed E-state index contributed by atoms with van der Waals surface area (Å²) in [5.74, 6) is 0.0158. The third kappa shape index (κ3) is 1.56. The van der Waals surface area contributed by atoms with Crippen molar-refractivity contribution in [2.45, 2.75) is 25.8 Å². The molecule has 4 heteroatoms. The molecule has 2 N–H and O–H groups in total. The third-order valence-corrected chi connectivity index (χ3v) is 2.89. The van der Waals surface area contributed by atoms with Gasteiger partial charge in [-0.3, -0.25) is 4.79 Å². The lowest BCUT2D eigenvalue weighted by molar-refractivity contribution is 0.0951. The molecule has 1 aliphatic rings. The molecule has 2 aromatic rings. The van der Waals surface area contributed by atoms with Crippen molar-refractivity contribution >= 4 is 16.9 Å². The molecule has 1 aromatic heterocycles. The second-order valence-corrected chi connectivity index (χ2v) is 4.34. The maximum absolute atomic E-state index is 11.9. The summed E-state index contributed by atoms with van der Waals surface area (Å²) in [5.41, 5.74) is 3.59. The Morgan fingerprint density at radius 3 is 3.06 bits per heavy atom. The van der Waals surface area contributed by atoms with Crippen molar-refractivity contribution in [2.24, 2.45) is 0 Å². The number of carbonyl (C=O) groups excluding carboxylic acids is 1. The van der Waals surface area contributed by atoms with Crippen LogP contribution in [0.5, 0.6) is 0 Å². The molecule has 0 bridgehead atoms. The standard InChI is InChI=1S/C12H13N3O/c1-7-4-8(12(16)15-9-2-3-9)5-10-11(7)14-6-13-10/h4-6,9H,2-3H2,1H3,(H,13,14)(H,15,16). The Morgan fingerprint density at radius 1 is 1.50 bits per heavy atom. The van der Waals surface area contributed by atoms with Crippen LogP contribution < -0.4 is 5.32 Å². The molecule has 0 aliphatic heterocycles. The highest BCUT2D eigenvalue weighted by Crippen LogP contribution is 2.21. The number of rotatable bonds is 2. The fraction of sp³-hybridized carbons (Fsp3) is 0.333. The molecule has 4 nitrogen and oxygen atoms in total. The van der Waals surface area contributed by atoms with E-state index < -0.39 is 0 Å². The summed E-state index contributed by atoms with van der Waals surface area (Å²) in [6.45, 7) is 1.97. The first-order valence-electron chi connectivity index (χ1n) is 5.48. The number of aromatic nitrogens is 2. The van der Waals surface area contributed by atoms with E-state index in [4.69, 9.17) is 0 Å². The molecular formula is C12H13N3O. The Balaban J connectivity index is 1.99. The van der Waals surface area contributed by atoms with Crippen LogP contribution in [-0.4, -0.2) is 21.9 Å². The molecule has 0 unspecified atom stereocenters. The van der Waals surface area contributed by atoms with Gasteiger partial charge in [-0.15, -0.1) is 0 Å². The summed E-state index contributed by atoms with van der Waals surface area (Å²) in [4.78, 5) is 19.1. The maximum Gasteiger partial charge on any atom is 0.251 e. The van der Waals surface area contributed by atoms with E-state index in [0.717, 1.165) is 29.4 Å². The van der Waals surface area contributed by atoms with E-state index in [1.807, 2.05) is 19.1 Å². The second kappa shape index (κ2) is 3.33. The largest absolute Gasteiger partial charge is 0.349 e. The monoisotopic (exact) mass is 215 g/mol. The average Bonchev–Trinajstić information content (AvgIpc) is 2.94. The Morgan fingerprint density at radius 2 is 2.31 bits per heavy atom. The van der Waals surface area contributed by atoms with Crippen molar-refractivity contribution < 1.29 is 4.79 Å². The Kier molecular flexibility index (Phi) is 1.96. The number of hydrogen-bond acceptors (Lipinski definition) is 2. The Labute approximate surface area is 93.1 Å². The number of fused-ring (bicyclic) bond motifs is 1. The highest BCUT2D eigenvalue weighted by molar-refractivity contribution is 5.98. The number of amides is 1. The maximum atomic E-state index is 11.9. The van der Waals surface area contributed by atoms with Crippen molar-refractivity contribution in [3.05, 3.63) is 29.6 Å². The Bertz CT molecular complexity index is 554. The van der Waals surface area contributed by atoms with Crippen LogP contribution in [0.4, 0.5) is 0 Å². The van der Waals surface area contributed by atoms with E-state index in [-0.39, 0.29) is 5.91 Å². The molecule has 1 heterocycles. The fourth-order valence-corrected chi connectivity index (χ4v) is 1.85. The average molecular weight is 215 g/mol. The molecule has 1 saturated carbocycles. The van der Waals surface area contributed by atoms with Gasteiger partial charge in [0.2, 0.25) is 0 Å². The number of carbonyl (C=O) groups is 1. The van der Waals surface area contributed by atoms with Gasteiger partial charge in [0, 0.05) is 11.6 Å². The normalized spacial score (nSPS) is 15.3. The van der Waals surface area contributed by atoms with Crippen molar-refractivity contribution in [3.8, 4) is 0 Å². The molecule has 0 spiro atoms. The minimum atomic E-state index is 0.0158. The van der Waals surface area contributed by atoms with Crippen LogP contribution in [0.3, 0.4) is 0 Å². The molecule has 0 saturated heterocycles. The van der Waals surface area contributed by atoms with Crippen molar-refractivity contribution in [1.82, 2.24) is 15.3 Å².